The third-order valence-corrected chi connectivity index (χ3v) is 5.67. The number of pyridine rings is 1. The average molecular weight is 334 g/mol. The van der Waals surface area contributed by atoms with Crippen molar-refractivity contribution in [1.82, 2.24) is 9.97 Å². The molecule has 0 amide bonds. The number of aromatic amines is 1. The van der Waals surface area contributed by atoms with Crippen LogP contribution in [0.4, 0.5) is 0 Å². The smallest absolute Gasteiger partial charge is 0.206 e. The highest BCUT2D eigenvalue weighted by Crippen LogP contribution is 2.27. The van der Waals surface area contributed by atoms with Gasteiger partial charge in [0, 0.05) is 17.1 Å². The van der Waals surface area contributed by atoms with Crippen molar-refractivity contribution < 1.29 is 8.42 Å². The van der Waals surface area contributed by atoms with Gasteiger partial charge in [0.2, 0.25) is 9.84 Å². The summed E-state index contributed by atoms with van der Waals surface area (Å²) >= 11 is 0. The van der Waals surface area contributed by atoms with Crippen LogP contribution >= 0.6 is 0 Å². The van der Waals surface area contributed by atoms with E-state index in [9.17, 15) is 8.42 Å². The summed E-state index contributed by atoms with van der Waals surface area (Å²) in [5, 5.41) is 0.947. The predicted molar refractivity (Wildman–Crippen MR) is 93.4 cm³/mol. The van der Waals surface area contributed by atoms with Gasteiger partial charge in [-0.25, -0.2) is 8.42 Å². The number of hydrogen-bond acceptors (Lipinski definition) is 3. The quantitative estimate of drug-likeness (QED) is 0.614. The van der Waals surface area contributed by atoms with Crippen LogP contribution in [-0.4, -0.2) is 18.4 Å². The first kappa shape index (κ1) is 14.7. The fourth-order valence-corrected chi connectivity index (χ4v) is 3.98. The van der Waals surface area contributed by atoms with Gasteiger partial charge in [0.1, 0.15) is 0 Å². The number of rotatable bonds is 3. The van der Waals surface area contributed by atoms with Crippen LogP contribution in [0.2, 0.25) is 0 Å². The molecule has 0 fully saturated rings. The molecule has 4 rings (SSSR count). The van der Waals surface area contributed by atoms with Crippen molar-refractivity contribution in [3.05, 3.63) is 79.0 Å². The Balaban J connectivity index is 1.82. The van der Waals surface area contributed by atoms with Crippen LogP contribution < -0.4 is 0 Å². The second kappa shape index (κ2) is 5.62. The molecule has 0 aliphatic carbocycles. The van der Waals surface area contributed by atoms with E-state index in [4.69, 9.17) is 0 Å². The minimum atomic E-state index is -3.52. The lowest BCUT2D eigenvalue weighted by molar-refractivity contribution is 0.596. The Labute approximate surface area is 139 Å². The lowest BCUT2D eigenvalue weighted by atomic mass is 10.2. The molecule has 0 atom stereocenters. The molecular formula is C19H14N2O2S. The summed E-state index contributed by atoms with van der Waals surface area (Å²) in [6, 6.07) is 21.2. The molecule has 1 N–H and O–H groups in total. The first-order valence-electron chi connectivity index (χ1n) is 7.49. The molecule has 0 radical (unpaired) electrons. The SMILES string of the molecule is O=S(=O)(c1ccccc1)c1ccc2cc(-c3ccccn3)[nH]c2c1. The Kier molecular flexibility index (Phi) is 3.43. The number of benzene rings is 2. The molecule has 118 valence electrons. The fourth-order valence-electron chi connectivity index (χ4n) is 2.67. The Bertz CT molecular complexity index is 1100. The normalized spacial score (nSPS) is 11.7. The third kappa shape index (κ3) is 2.49. The maximum atomic E-state index is 12.7. The van der Waals surface area contributed by atoms with E-state index >= 15 is 0 Å². The highest BCUT2D eigenvalue weighted by Gasteiger charge is 2.18. The molecule has 2 aromatic carbocycles. The minimum Gasteiger partial charge on any atom is -0.353 e. The fraction of sp³-hybridized carbons (Fsp3) is 0. The van der Waals surface area contributed by atoms with Gasteiger partial charge in [-0.1, -0.05) is 30.3 Å². The summed E-state index contributed by atoms with van der Waals surface area (Å²) in [6.07, 6.45) is 1.73. The van der Waals surface area contributed by atoms with E-state index in [1.165, 1.54) is 0 Å². The van der Waals surface area contributed by atoms with Crippen LogP contribution in [0.25, 0.3) is 22.3 Å². The summed E-state index contributed by atoms with van der Waals surface area (Å²) < 4.78 is 25.5. The Morgan fingerprint density at radius 1 is 0.792 bits per heavy atom. The van der Waals surface area contributed by atoms with Crippen LogP contribution in [0.5, 0.6) is 0 Å². The second-order valence-electron chi connectivity index (χ2n) is 5.46. The molecule has 0 aliphatic heterocycles. The van der Waals surface area contributed by atoms with E-state index in [1.807, 2.05) is 30.3 Å². The maximum absolute atomic E-state index is 12.7. The molecule has 24 heavy (non-hydrogen) atoms. The first-order valence-corrected chi connectivity index (χ1v) is 8.97. The average Bonchev–Trinajstić information content (AvgIpc) is 3.06. The van der Waals surface area contributed by atoms with Crippen LogP contribution in [0.15, 0.2) is 88.8 Å². The van der Waals surface area contributed by atoms with Crippen molar-refractivity contribution in [2.45, 2.75) is 9.79 Å². The van der Waals surface area contributed by atoms with Gasteiger partial charge in [0.25, 0.3) is 0 Å². The van der Waals surface area contributed by atoms with Gasteiger partial charge in [0.15, 0.2) is 0 Å². The van der Waals surface area contributed by atoms with Gasteiger partial charge in [0.05, 0.1) is 21.2 Å². The van der Waals surface area contributed by atoms with Gasteiger partial charge >= 0.3 is 0 Å². The predicted octanol–water partition coefficient (Wildman–Crippen LogP) is 4.06. The van der Waals surface area contributed by atoms with Gasteiger partial charge in [-0.3, -0.25) is 4.98 Å². The number of nitrogens with one attached hydrogen (secondary N) is 1. The largest absolute Gasteiger partial charge is 0.353 e. The van der Waals surface area contributed by atoms with E-state index in [0.29, 0.717) is 4.90 Å². The maximum Gasteiger partial charge on any atom is 0.206 e. The number of H-pyrrole nitrogens is 1. The Morgan fingerprint density at radius 3 is 2.33 bits per heavy atom. The van der Waals surface area contributed by atoms with Crippen LogP contribution in [0.3, 0.4) is 0 Å². The highest BCUT2D eigenvalue weighted by molar-refractivity contribution is 7.91. The van der Waals surface area contributed by atoms with Gasteiger partial charge in [-0.15, -0.1) is 0 Å². The number of nitrogens with zero attached hydrogens (tertiary/aromatic N) is 1. The van der Waals surface area contributed by atoms with Crippen molar-refractivity contribution in [2.24, 2.45) is 0 Å². The molecule has 0 aliphatic rings. The highest BCUT2D eigenvalue weighted by atomic mass is 32.2. The number of aromatic nitrogens is 2. The Hall–Kier alpha value is -2.92. The summed E-state index contributed by atoms with van der Waals surface area (Å²) in [4.78, 5) is 8.13. The van der Waals surface area contributed by atoms with E-state index < -0.39 is 9.84 Å². The Morgan fingerprint density at radius 2 is 1.58 bits per heavy atom. The van der Waals surface area contributed by atoms with Gasteiger partial charge in [-0.2, -0.15) is 0 Å². The van der Waals surface area contributed by atoms with Crippen molar-refractivity contribution >= 4 is 20.7 Å². The molecule has 4 aromatic rings. The molecule has 0 saturated heterocycles. The molecule has 0 unspecified atom stereocenters. The second-order valence-corrected chi connectivity index (χ2v) is 7.41. The molecule has 2 aromatic heterocycles. The van der Waals surface area contributed by atoms with Gasteiger partial charge in [-0.05, 0) is 42.5 Å². The van der Waals surface area contributed by atoms with Gasteiger partial charge < -0.3 is 4.98 Å². The zero-order valence-electron chi connectivity index (χ0n) is 12.7. The van der Waals surface area contributed by atoms with Crippen molar-refractivity contribution in [3.8, 4) is 11.4 Å². The number of sulfone groups is 1. The molecule has 5 heteroatoms. The summed E-state index contributed by atoms with van der Waals surface area (Å²) in [7, 11) is -3.52. The van der Waals surface area contributed by atoms with E-state index in [2.05, 4.69) is 9.97 Å². The standard InChI is InChI=1S/C19H14N2O2S/c22-24(23,15-6-2-1-3-7-15)16-10-9-14-12-19(21-18(14)13-16)17-8-4-5-11-20-17/h1-13,21H. The molecular weight excluding hydrogens is 320 g/mol. The van der Waals surface area contributed by atoms with E-state index in [0.717, 1.165) is 22.3 Å². The summed E-state index contributed by atoms with van der Waals surface area (Å²) in [5.41, 5.74) is 2.45. The third-order valence-electron chi connectivity index (χ3n) is 3.90. The zero-order valence-corrected chi connectivity index (χ0v) is 13.5. The molecule has 0 saturated carbocycles. The number of hydrogen-bond donors (Lipinski definition) is 1. The topological polar surface area (TPSA) is 62.8 Å². The summed E-state index contributed by atoms with van der Waals surface area (Å²) in [6.45, 7) is 0. The molecule has 2 heterocycles. The molecule has 4 nitrogen and oxygen atoms in total. The van der Waals surface area contributed by atoms with Crippen molar-refractivity contribution in [1.29, 1.82) is 0 Å². The molecule has 0 bridgehead atoms. The monoisotopic (exact) mass is 334 g/mol. The number of fused-ring (bicyclic) bond motifs is 1. The zero-order chi connectivity index (χ0) is 16.6. The van der Waals surface area contributed by atoms with Crippen LogP contribution in [0.1, 0.15) is 0 Å². The van der Waals surface area contributed by atoms with E-state index in [1.54, 1.807) is 48.7 Å². The van der Waals surface area contributed by atoms with Crippen LogP contribution in [0, 0.1) is 0 Å². The van der Waals surface area contributed by atoms with Crippen molar-refractivity contribution in [2.75, 3.05) is 0 Å². The lowest BCUT2D eigenvalue weighted by Crippen LogP contribution is -2.01. The lowest BCUT2D eigenvalue weighted by Gasteiger charge is -2.04. The minimum absolute atomic E-state index is 0.274. The summed E-state index contributed by atoms with van der Waals surface area (Å²) in [5.74, 6) is 0. The van der Waals surface area contributed by atoms with Crippen LogP contribution in [-0.2, 0) is 9.84 Å². The van der Waals surface area contributed by atoms with E-state index in [-0.39, 0.29) is 4.90 Å². The first-order chi connectivity index (χ1) is 11.6. The van der Waals surface area contributed by atoms with Crippen molar-refractivity contribution in [3.63, 3.8) is 0 Å². The molecule has 0 spiro atoms.